The minimum Gasteiger partial charge on any atom is -0.394 e. The molecule has 0 bridgehead atoms. The second kappa shape index (κ2) is 10.5. The Labute approximate surface area is 133 Å². The molecule has 0 amide bonds. The molecule has 0 saturated carbocycles. The Hall–Kier alpha value is -0.240. The van der Waals surface area contributed by atoms with Crippen molar-refractivity contribution in [3.05, 3.63) is 0 Å². The van der Waals surface area contributed by atoms with Crippen LogP contribution in [0.3, 0.4) is 0 Å². The maximum atomic E-state index is 10.3. The third-order valence-corrected chi connectivity index (χ3v) is 4.39. The number of rotatable bonds is 10. The number of hydrogen-bond acceptors (Lipinski definition) is 6. The van der Waals surface area contributed by atoms with Gasteiger partial charge in [-0.05, 0) is 25.9 Å². The van der Waals surface area contributed by atoms with Gasteiger partial charge in [-0.25, -0.2) is 0 Å². The Bertz CT molecular complexity index is 292. The molecule has 0 radical (unpaired) electrons. The topological polar surface area (TPSA) is 93.4 Å². The standard InChI is InChI=1S/C16H33NO5/c1-3-5-7-8-10-17(9-6-4-2)13-15(20)14(19)12(11-18)22-16(13)21/h12-16,18-21H,3-11H2,1-2H3/t12-,13-,14-,15-,16?/m1/s1. The van der Waals surface area contributed by atoms with Crippen molar-refractivity contribution in [3.8, 4) is 0 Å². The summed E-state index contributed by atoms with van der Waals surface area (Å²) < 4.78 is 5.27. The summed E-state index contributed by atoms with van der Waals surface area (Å²) in [4.78, 5) is 2.02. The average Bonchev–Trinajstić information content (AvgIpc) is 2.51. The van der Waals surface area contributed by atoms with E-state index in [9.17, 15) is 15.3 Å². The zero-order valence-corrected chi connectivity index (χ0v) is 13.9. The van der Waals surface area contributed by atoms with Crippen molar-refractivity contribution >= 4 is 0 Å². The van der Waals surface area contributed by atoms with Crippen LogP contribution in [0, 0.1) is 0 Å². The SMILES string of the molecule is CCCCCCN(CCCC)[C@H]1C(O)O[C@H](CO)[C@@H](O)[C@@H]1O. The highest BCUT2D eigenvalue weighted by molar-refractivity contribution is 4.94. The second-order valence-electron chi connectivity index (χ2n) is 6.17. The fourth-order valence-corrected chi connectivity index (χ4v) is 2.99. The molecule has 0 aromatic carbocycles. The van der Waals surface area contributed by atoms with Crippen molar-refractivity contribution in [1.82, 2.24) is 4.90 Å². The zero-order valence-electron chi connectivity index (χ0n) is 13.9. The van der Waals surface area contributed by atoms with Crippen LogP contribution in [0.15, 0.2) is 0 Å². The molecule has 5 atom stereocenters. The van der Waals surface area contributed by atoms with Crippen LogP contribution < -0.4 is 0 Å². The van der Waals surface area contributed by atoms with E-state index in [0.717, 1.165) is 45.2 Å². The third kappa shape index (κ3) is 5.44. The first-order chi connectivity index (χ1) is 10.6. The van der Waals surface area contributed by atoms with Gasteiger partial charge in [0.25, 0.3) is 0 Å². The molecular weight excluding hydrogens is 286 g/mol. The minimum atomic E-state index is -1.20. The van der Waals surface area contributed by atoms with Gasteiger partial charge < -0.3 is 25.2 Å². The van der Waals surface area contributed by atoms with Crippen LogP contribution in [-0.4, -0.2) is 75.7 Å². The molecule has 1 fully saturated rings. The van der Waals surface area contributed by atoms with Crippen LogP contribution in [0.1, 0.15) is 52.4 Å². The molecule has 0 spiro atoms. The first kappa shape index (κ1) is 19.8. The Balaban J connectivity index is 2.69. The summed E-state index contributed by atoms with van der Waals surface area (Å²) in [7, 11) is 0. The van der Waals surface area contributed by atoms with E-state index >= 15 is 0 Å². The van der Waals surface area contributed by atoms with Crippen molar-refractivity contribution in [1.29, 1.82) is 0 Å². The number of aliphatic hydroxyl groups excluding tert-OH is 4. The molecule has 0 aromatic heterocycles. The lowest BCUT2D eigenvalue weighted by molar-refractivity contribution is -0.272. The predicted molar refractivity (Wildman–Crippen MR) is 84.4 cm³/mol. The van der Waals surface area contributed by atoms with Crippen LogP contribution in [0.4, 0.5) is 0 Å². The number of nitrogens with zero attached hydrogens (tertiary/aromatic N) is 1. The summed E-state index contributed by atoms with van der Waals surface area (Å²) in [5.41, 5.74) is 0. The fourth-order valence-electron chi connectivity index (χ4n) is 2.99. The van der Waals surface area contributed by atoms with Crippen molar-refractivity contribution < 1.29 is 25.2 Å². The molecule has 4 N–H and O–H groups in total. The van der Waals surface area contributed by atoms with E-state index in [1.54, 1.807) is 0 Å². The molecule has 6 heteroatoms. The van der Waals surface area contributed by atoms with Crippen LogP contribution in [0.25, 0.3) is 0 Å². The van der Waals surface area contributed by atoms with Gasteiger partial charge in [-0.2, -0.15) is 0 Å². The van der Waals surface area contributed by atoms with Gasteiger partial charge >= 0.3 is 0 Å². The summed E-state index contributed by atoms with van der Waals surface area (Å²) in [6.45, 7) is 5.34. The van der Waals surface area contributed by atoms with E-state index in [-0.39, 0.29) is 0 Å². The molecule has 1 rings (SSSR count). The lowest BCUT2D eigenvalue weighted by Gasteiger charge is -2.45. The molecule has 6 nitrogen and oxygen atoms in total. The number of unbranched alkanes of at least 4 members (excludes halogenated alkanes) is 4. The smallest absolute Gasteiger partial charge is 0.173 e. The largest absolute Gasteiger partial charge is 0.394 e. The quantitative estimate of drug-likeness (QED) is 0.437. The van der Waals surface area contributed by atoms with Gasteiger partial charge in [-0.3, -0.25) is 4.90 Å². The summed E-state index contributed by atoms with van der Waals surface area (Å²) in [6.07, 6.45) is 1.98. The summed E-state index contributed by atoms with van der Waals surface area (Å²) in [5, 5.41) is 39.7. The van der Waals surface area contributed by atoms with Gasteiger partial charge in [0.05, 0.1) is 12.6 Å². The number of hydrogen-bond donors (Lipinski definition) is 4. The predicted octanol–water partition coefficient (Wildman–Crippen LogP) is 0.469. The van der Waals surface area contributed by atoms with Crippen LogP contribution in [-0.2, 0) is 4.74 Å². The number of aliphatic hydroxyl groups is 4. The highest BCUT2D eigenvalue weighted by atomic mass is 16.6. The van der Waals surface area contributed by atoms with Crippen LogP contribution in [0.2, 0.25) is 0 Å². The molecule has 1 saturated heterocycles. The van der Waals surface area contributed by atoms with Crippen LogP contribution in [0.5, 0.6) is 0 Å². The van der Waals surface area contributed by atoms with E-state index in [2.05, 4.69) is 13.8 Å². The average molecular weight is 319 g/mol. The summed E-state index contributed by atoms with van der Waals surface area (Å²) in [5.74, 6) is 0. The molecule has 0 aliphatic carbocycles. The number of ether oxygens (including phenoxy) is 1. The van der Waals surface area contributed by atoms with E-state index < -0.39 is 37.3 Å². The van der Waals surface area contributed by atoms with E-state index in [4.69, 9.17) is 9.84 Å². The van der Waals surface area contributed by atoms with Crippen molar-refractivity contribution in [3.63, 3.8) is 0 Å². The van der Waals surface area contributed by atoms with Crippen molar-refractivity contribution in [2.45, 2.75) is 83.0 Å². The molecular formula is C16H33NO5. The van der Waals surface area contributed by atoms with Crippen molar-refractivity contribution in [2.75, 3.05) is 19.7 Å². The maximum absolute atomic E-state index is 10.3. The molecule has 0 aromatic rings. The summed E-state index contributed by atoms with van der Waals surface area (Å²) in [6, 6.07) is -0.647. The molecule has 1 heterocycles. The lowest BCUT2D eigenvalue weighted by atomic mass is 9.95. The van der Waals surface area contributed by atoms with E-state index in [1.165, 1.54) is 6.42 Å². The summed E-state index contributed by atoms with van der Waals surface area (Å²) >= 11 is 0. The Morgan fingerprint density at radius 2 is 1.50 bits per heavy atom. The van der Waals surface area contributed by atoms with Gasteiger partial charge in [0.2, 0.25) is 0 Å². The lowest BCUT2D eigenvalue weighted by Crippen LogP contribution is -2.64. The van der Waals surface area contributed by atoms with E-state index in [0.29, 0.717) is 0 Å². The first-order valence-corrected chi connectivity index (χ1v) is 8.61. The molecule has 1 aliphatic heterocycles. The highest BCUT2D eigenvalue weighted by Gasteiger charge is 2.45. The molecule has 1 unspecified atom stereocenters. The van der Waals surface area contributed by atoms with Gasteiger partial charge in [0.1, 0.15) is 18.3 Å². The normalized spacial score (nSPS) is 32.6. The first-order valence-electron chi connectivity index (χ1n) is 8.61. The van der Waals surface area contributed by atoms with Gasteiger partial charge in [-0.15, -0.1) is 0 Å². The van der Waals surface area contributed by atoms with Gasteiger partial charge in [0.15, 0.2) is 6.29 Å². The Kier molecular flexibility index (Phi) is 9.47. The Morgan fingerprint density at radius 3 is 2.09 bits per heavy atom. The minimum absolute atomic E-state index is 0.423. The van der Waals surface area contributed by atoms with E-state index in [1.807, 2.05) is 4.90 Å². The van der Waals surface area contributed by atoms with Crippen LogP contribution >= 0.6 is 0 Å². The van der Waals surface area contributed by atoms with Gasteiger partial charge in [0, 0.05) is 0 Å². The van der Waals surface area contributed by atoms with Crippen molar-refractivity contribution in [2.24, 2.45) is 0 Å². The fraction of sp³-hybridized carbons (Fsp3) is 1.00. The molecule has 132 valence electrons. The maximum Gasteiger partial charge on any atom is 0.173 e. The monoisotopic (exact) mass is 319 g/mol. The zero-order chi connectivity index (χ0) is 16.5. The van der Waals surface area contributed by atoms with Gasteiger partial charge in [-0.1, -0.05) is 39.5 Å². The Morgan fingerprint density at radius 1 is 0.864 bits per heavy atom. The molecule has 1 aliphatic rings. The third-order valence-electron chi connectivity index (χ3n) is 4.39. The highest BCUT2D eigenvalue weighted by Crippen LogP contribution is 2.25. The molecule has 22 heavy (non-hydrogen) atoms. The second-order valence-corrected chi connectivity index (χ2v) is 6.17.